The lowest BCUT2D eigenvalue weighted by Crippen LogP contribution is -2.06. The van der Waals surface area contributed by atoms with Gasteiger partial charge in [-0.2, -0.15) is 4.98 Å². The highest BCUT2D eigenvalue weighted by Crippen LogP contribution is 2.15. The number of methoxy groups -OCH3 is 1. The largest absolute Gasteiger partial charge is 0.469 e. The van der Waals surface area contributed by atoms with Gasteiger partial charge in [0.05, 0.1) is 6.26 Å². The molecule has 0 aliphatic rings. The average molecular weight is 263 g/mol. The quantitative estimate of drug-likeness (QED) is 0.826. The van der Waals surface area contributed by atoms with E-state index in [1.54, 1.807) is 19.4 Å². The van der Waals surface area contributed by atoms with Crippen LogP contribution in [0.4, 0.5) is 5.82 Å². The number of hydrogen-bond donors (Lipinski definition) is 1. The summed E-state index contributed by atoms with van der Waals surface area (Å²) < 4.78 is 15.8. The lowest BCUT2D eigenvalue weighted by atomic mass is 10.4. The Morgan fingerprint density at radius 3 is 2.89 bits per heavy atom. The summed E-state index contributed by atoms with van der Waals surface area (Å²) in [6.07, 6.45) is 1.61. The SMILES string of the molecule is CCNc1cc(OCc2ccco2)nc(COC)n1. The topological polar surface area (TPSA) is 69.4 Å². The van der Waals surface area contributed by atoms with Gasteiger partial charge in [-0.25, -0.2) is 4.98 Å². The van der Waals surface area contributed by atoms with E-state index in [-0.39, 0.29) is 0 Å². The third-order valence-electron chi connectivity index (χ3n) is 2.32. The fourth-order valence-corrected chi connectivity index (χ4v) is 1.55. The summed E-state index contributed by atoms with van der Waals surface area (Å²) in [5, 5.41) is 3.13. The molecule has 0 spiro atoms. The Morgan fingerprint density at radius 1 is 1.32 bits per heavy atom. The number of ether oxygens (including phenoxy) is 2. The first-order chi connectivity index (χ1) is 9.31. The minimum Gasteiger partial charge on any atom is -0.469 e. The first-order valence-electron chi connectivity index (χ1n) is 6.07. The zero-order valence-electron chi connectivity index (χ0n) is 11.0. The maximum absolute atomic E-state index is 5.58. The van der Waals surface area contributed by atoms with Gasteiger partial charge in [0.2, 0.25) is 5.88 Å². The first-order valence-corrected chi connectivity index (χ1v) is 6.07. The van der Waals surface area contributed by atoms with Gasteiger partial charge in [-0.1, -0.05) is 0 Å². The van der Waals surface area contributed by atoms with Crippen LogP contribution in [0.15, 0.2) is 28.9 Å². The van der Waals surface area contributed by atoms with Crippen LogP contribution in [0, 0.1) is 0 Å². The molecule has 0 fully saturated rings. The van der Waals surface area contributed by atoms with E-state index >= 15 is 0 Å². The smallest absolute Gasteiger partial charge is 0.219 e. The van der Waals surface area contributed by atoms with Gasteiger partial charge in [0.25, 0.3) is 0 Å². The van der Waals surface area contributed by atoms with E-state index in [9.17, 15) is 0 Å². The molecular weight excluding hydrogens is 246 g/mol. The molecule has 0 atom stereocenters. The number of nitrogens with zero attached hydrogens (tertiary/aromatic N) is 2. The summed E-state index contributed by atoms with van der Waals surface area (Å²) in [6.45, 7) is 3.46. The van der Waals surface area contributed by atoms with Crippen LogP contribution >= 0.6 is 0 Å². The third kappa shape index (κ3) is 3.96. The van der Waals surface area contributed by atoms with Gasteiger partial charge < -0.3 is 19.2 Å². The summed E-state index contributed by atoms with van der Waals surface area (Å²) in [5.41, 5.74) is 0. The molecule has 0 aliphatic heterocycles. The lowest BCUT2D eigenvalue weighted by Gasteiger charge is -2.09. The van der Waals surface area contributed by atoms with Crippen LogP contribution in [-0.4, -0.2) is 23.6 Å². The van der Waals surface area contributed by atoms with Crippen molar-refractivity contribution in [1.82, 2.24) is 9.97 Å². The predicted molar refractivity (Wildman–Crippen MR) is 69.9 cm³/mol. The Hall–Kier alpha value is -2.08. The van der Waals surface area contributed by atoms with Gasteiger partial charge >= 0.3 is 0 Å². The van der Waals surface area contributed by atoms with E-state index in [4.69, 9.17) is 13.9 Å². The molecule has 0 aliphatic carbocycles. The highest BCUT2D eigenvalue weighted by Gasteiger charge is 2.06. The van der Waals surface area contributed by atoms with Crippen LogP contribution in [0.25, 0.3) is 0 Å². The highest BCUT2D eigenvalue weighted by atomic mass is 16.5. The molecule has 102 valence electrons. The molecule has 0 amide bonds. The first kappa shape index (κ1) is 13.4. The molecule has 0 unspecified atom stereocenters. The monoisotopic (exact) mass is 263 g/mol. The van der Waals surface area contributed by atoms with Gasteiger partial charge in [0.1, 0.15) is 24.8 Å². The minimum atomic E-state index is 0.335. The number of anilines is 1. The molecule has 0 saturated heterocycles. The zero-order chi connectivity index (χ0) is 13.5. The van der Waals surface area contributed by atoms with Gasteiger partial charge in [-0.15, -0.1) is 0 Å². The van der Waals surface area contributed by atoms with Crippen molar-refractivity contribution in [2.45, 2.75) is 20.1 Å². The molecule has 2 aromatic heterocycles. The number of furan rings is 1. The number of nitrogens with one attached hydrogen (secondary N) is 1. The van der Waals surface area contributed by atoms with Gasteiger partial charge in [-0.3, -0.25) is 0 Å². The van der Waals surface area contributed by atoms with Crippen LogP contribution in [-0.2, 0) is 18.0 Å². The second-order valence-electron chi connectivity index (χ2n) is 3.84. The molecule has 2 rings (SSSR count). The molecule has 0 saturated carbocycles. The van der Waals surface area contributed by atoms with Crippen molar-refractivity contribution in [2.24, 2.45) is 0 Å². The second kappa shape index (κ2) is 6.75. The molecule has 2 heterocycles. The summed E-state index contributed by atoms with van der Waals surface area (Å²) in [6, 6.07) is 5.42. The standard InChI is InChI=1S/C13H17N3O3/c1-3-14-11-7-13(16-12(15-11)9-17-2)19-8-10-5-4-6-18-10/h4-7H,3,8-9H2,1-2H3,(H,14,15,16). The maximum atomic E-state index is 5.58. The Bertz CT molecular complexity index is 476. The Balaban J connectivity index is 2.08. The van der Waals surface area contributed by atoms with Gasteiger partial charge in [0, 0.05) is 19.7 Å². The van der Waals surface area contributed by atoms with Crippen LogP contribution < -0.4 is 10.1 Å². The van der Waals surface area contributed by atoms with Crippen LogP contribution in [0.5, 0.6) is 5.88 Å². The van der Waals surface area contributed by atoms with Crippen molar-refractivity contribution >= 4 is 5.82 Å². The van der Waals surface area contributed by atoms with Crippen molar-refractivity contribution in [1.29, 1.82) is 0 Å². The molecule has 0 bridgehead atoms. The third-order valence-corrected chi connectivity index (χ3v) is 2.32. The highest BCUT2D eigenvalue weighted by molar-refractivity contribution is 5.38. The van der Waals surface area contributed by atoms with Crippen molar-refractivity contribution in [3.05, 3.63) is 36.0 Å². The molecule has 19 heavy (non-hydrogen) atoms. The van der Waals surface area contributed by atoms with Crippen molar-refractivity contribution in [3.63, 3.8) is 0 Å². The van der Waals surface area contributed by atoms with Crippen LogP contribution in [0.3, 0.4) is 0 Å². The summed E-state index contributed by atoms with van der Waals surface area (Å²) >= 11 is 0. The van der Waals surface area contributed by atoms with E-state index in [2.05, 4.69) is 15.3 Å². The lowest BCUT2D eigenvalue weighted by molar-refractivity contribution is 0.175. The average Bonchev–Trinajstić information content (AvgIpc) is 2.90. The minimum absolute atomic E-state index is 0.335. The van der Waals surface area contributed by atoms with E-state index in [1.807, 2.05) is 19.1 Å². The summed E-state index contributed by atoms with van der Waals surface area (Å²) in [4.78, 5) is 8.57. The Kier molecular flexibility index (Phi) is 4.74. The zero-order valence-corrected chi connectivity index (χ0v) is 11.0. The van der Waals surface area contributed by atoms with Crippen LogP contribution in [0.1, 0.15) is 18.5 Å². The van der Waals surface area contributed by atoms with Crippen molar-refractivity contribution in [2.75, 3.05) is 19.0 Å². The van der Waals surface area contributed by atoms with Crippen molar-refractivity contribution < 1.29 is 13.9 Å². The van der Waals surface area contributed by atoms with Crippen LogP contribution in [0.2, 0.25) is 0 Å². The summed E-state index contributed by atoms with van der Waals surface area (Å²) in [5.74, 6) is 2.54. The maximum Gasteiger partial charge on any atom is 0.219 e. The molecular formula is C13H17N3O3. The predicted octanol–water partition coefficient (Wildman–Crippen LogP) is 2.23. The fraction of sp³-hybridized carbons (Fsp3) is 0.385. The number of aromatic nitrogens is 2. The number of hydrogen-bond acceptors (Lipinski definition) is 6. The van der Waals surface area contributed by atoms with Crippen molar-refractivity contribution in [3.8, 4) is 5.88 Å². The van der Waals surface area contributed by atoms with E-state index in [1.165, 1.54) is 0 Å². The van der Waals surface area contributed by atoms with E-state index in [0.717, 1.165) is 18.1 Å². The fourth-order valence-electron chi connectivity index (χ4n) is 1.55. The Labute approximate surface area is 111 Å². The second-order valence-corrected chi connectivity index (χ2v) is 3.84. The Morgan fingerprint density at radius 2 is 2.21 bits per heavy atom. The van der Waals surface area contributed by atoms with Gasteiger partial charge in [-0.05, 0) is 19.1 Å². The van der Waals surface area contributed by atoms with E-state index in [0.29, 0.717) is 24.9 Å². The summed E-state index contributed by atoms with van der Waals surface area (Å²) in [7, 11) is 1.60. The molecule has 2 aromatic rings. The molecule has 6 heteroatoms. The molecule has 6 nitrogen and oxygen atoms in total. The number of rotatable bonds is 7. The van der Waals surface area contributed by atoms with Gasteiger partial charge in [0.15, 0.2) is 5.82 Å². The molecule has 0 radical (unpaired) electrons. The normalized spacial score (nSPS) is 10.4. The molecule has 1 N–H and O–H groups in total. The molecule has 0 aromatic carbocycles. The van der Waals surface area contributed by atoms with E-state index < -0.39 is 0 Å².